The number of likely N-dealkylation sites (N-methyl/N-ethyl adjacent to an activating group) is 1. The Morgan fingerprint density at radius 3 is 2.66 bits per heavy atom. The molecule has 2 aliphatic heterocycles. The van der Waals surface area contributed by atoms with Crippen molar-refractivity contribution in [1.29, 1.82) is 0 Å². The summed E-state index contributed by atoms with van der Waals surface area (Å²) in [6, 6.07) is 4.20. The molecule has 29 heavy (non-hydrogen) atoms. The minimum atomic E-state index is -0.910. The van der Waals surface area contributed by atoms with Crippen molar-refractivity contribution in [1.82, 2.24) is 4.90 Å². The van der Waals surface area contributed by atoms with Crippen LogP contribution < -0.4 is 9.47 Å². The Kier molecular flexibility index (Phi) is 3.73. The molecule has 4 atom stereocenters. The highest BCUT2D eigenvalue weighted by atomic mass is 16.8. The maximum absolute atomic E-state index is 12.4. The van der Waals surface area contributed by atoms with Crippen LogP contribution in [0.3, 0.4) is 0 Å². The Labute approximate surface area is 172 Å². The molecule has 2 saturated carbocycles. The molecule has 6 nitrogen and oxygen atoms in total. The van der Waals surface area contributed by atoms with Crippen molar-refractivity contribution >= 4 is 0 Å². The second kappa shape index (κ2) is 5.88. The number of ether oxygens (including phenoxy) is 4. The monoisotopic (exact) mass is 401 g/mol. The van der Waals surface area contributed by atoms with Crippen LogP contribution in [0.25, 0.3) is 0 Å². The van der Waals surface area contributed by atoms with E-state index < -0.39 is 22.9 Å². The number of hydrogen-bond acceptors (Lipinski definition) is 6. The van der Waals surface area contributed by atoms with Gasteiger partial charge in [-0.3, -0.25) is 4.90 Å². The fourth-order valence-electron chi connectivity index (χ4n) is 6.73. The predicted molar refractivity (Wildman–Crippen MR) is 106 cm³/mol. The van der Waals surface area contributed by atoms with Gasteiger partial charge in [0.25, 0.3) is 0 Å². The predicted octanol–water partition coefficient (Wildman–Crippen LogP) is 2.25. The highest BCUT2D eigenvalue weighted by molar-refractivity contribution is 5.62. The Bertz CT molecular complexity index is 848. The summed E-state index contributed by atoms with van der Waals surface area (Å²) in [6.45, 7) is 4.35. The SMILES string of the molecule is COc1ccc2c3c1O[C@H]1C4(CC[C@@](O)(C(N(C)CC5CC5)C2)[C@@]31C)OCCO4. The zero-order valence-electron chi connectivity index (χ0n) is 17.6. The molecule has 0 aromatic heterocycles. The van der Waals surface area contributed by atoms with E-state index in [2.05, 4.69) is 24.9 Å². The van der Waals surface area contributed by atoms with Gasteiger partial charge in [-0.05, 0) is 57.2 Å². The van der Waals surface area contributed by atoms with Crippen LogP contribution in [0.1, 0.15) is 43.7 Å². The van der Waals surface area contributed by atoms with Crippen molar-refractivity contribution in [3.63, 3.8) is 0 Å². The molecule has 3 fully saturated rings. The lowest BCUT2D eigenvalue weighted by Crippen LogP contribution is -2.75. The molecule has 6 rings (SSSR count). The Morgan fingerprint density at radius 2 is 1.97 bits per heavy atom. The second-order valence-electron chi connectivity index (χ2n) is 9.87. The summed E-state index contributed by atoms with van der Waals surface area (Å²) < 4.78 is 24.6. The van der Waals surface area contributed by atoms with Gasteiger partial charge in [-0.25, -0.2) is 0 Å². The first-order valence-electron chi connectivity index (χ1n) is 11.0. The Morgan fingerprint density at radius 1 is 1.21 bits per heavy atom. The van der Waals surface area contributed by atoms with E-state index in [1.807, 2.05) is 6.07 Å². The van der Waals surface area contributed by atoms with Gasteiger partial charge in [-0.2, -0.15) is 0 Å². The van der Waals surface area contributed by atoms with Crippen molar-refractivity contribution < 1.29 is 24.1 Å². The van der Waals surface area contributed by atoms with Crippen LogP contribution in [0.2, 0.25) is 0 Å². The van der Waals surface area contributed by atoms with Gasteiger partial charge >= 0.3 is 0 Å². The summed E-state index contributed by atoms with van der Waals surface area (Å²) in [7, 11) is 3.85. The highest BCUT2D eigenvalue weighted by Crippen LogP contribution is 2.65. The third-order valence-electron chi connectivity index (χ3n) is 8.38. The van der Waals surface area contributed by atoms with Crippen molar-refractivity contribution in [2.24, 2.45) is 5.92 Å². The number of rotatable bonds is 4. The number of aliphatic hydroxyl groups is 1. The van der Waals surface area contributed by atoms with Gasteiger partial charge in [-0.15, -0.1) is 0 Å². The highest BCUT2D eigenvalue weighted by Gasteiger charge is 2.74. The molecule has 158 valence electrons. The lowest BCUT2D eigenvalue weighted by molar-refractivity contribution is -0.283. The first-order valence-corrected chi connectivity index (χ1v) is 11.0. The molecule has 1 aromatic carbocycles. The third kappa shape index (κ3) is 2.21. The number of benzene rings is 1. The maximum atomic E-state index is 12.4. The quantitative estimate of drug-likeness (QED) is 0.835. The molecule has 2 heterocycles. The minimum absolute atomic E-state index is 0.0461. The minimum Gasteiger partial charge on any atom is -0.493 e. The van der Waals surface area contributed by atoms with Gasteiger partial charge in [0.05, 0.1) is 31.3 Å². The zero-order chi connectivity index (χ0) is 20.0. The fraction of sp³-hybridized carbons (Fsp3) is 0.739. The van der Waals surface area contributed by atoms with E-state index >= 15 is 0 Å². The largest absolute Gasteiger partial charge is 0.493 e. The number of nitrogens with zero attached hydrogens (tertiary/aromatic N) is 1. The summed E-state index contributed by atoms with van der Waals surface area (Å²) in [4.78, 5) is 2.40. The van der Waals surface area contributed by atoms with Crippen molar-refractivity contribution in [2.75, 3.05) is 33.9 Å². The smallest absolute Gasteiger partial charge is 0.207 e. The Hall–Kier alpha value is -1.34. The van der Waals surface area contributed by atoms with E-state index in [0.29, 0.717) is 26.1 Å². The van der Waals surface area contributed by atoms with Gasteiger partial charge in [0.2, 0.25) is 5.79 Å². The molecule has 0 bridgehead atoms. The van der Waals surface area contributed by atoms with Crippen molar-refractivity contribution in [3.8, 4) is 11.5 Å². The number of hydrogen-bond donors (Lipinski definition) is 1. The van der Waals surface area contributed by atoms with Crippen LogP contribution in [0.15, 0.2) is 12.1 Å². The first-order chi connectivity index (χ1) is 13.9. The second-order valence-corrected chi connectivity index (χ2v) is 9.87. The third-order valence-corrected chi connectivity index (χ3v) is 8.38. The molecule has 1 unspecified atom stereocenters. The van der Waals surface area contributed by atoms with E-state index in [4.69, 9.17) is 18.9 Å². The van der Waals surface area contributed by atoms with E-state index in [0.717, 1.165) is 35.9 Å². The first kappa shape index (κ1) is 18.4. The standard InChI is InChI=1S/C23H31NO5/c1-21-18-15-6-7-16(26-3)19(18)29-20(21)23(27-10-11-28-23)9-8-22(21,25)17(12-15)24(2)13-14-4-5-14/h6-7,14,17,20,25H,4-5,8-13H2,1-3H3/t17?,20-,21+,22-/m1/s1. The van der Waals surface area contributed by atoms with Gasteiger partial charge in [-0.1, -0.05) is 6.07 Å². The van der Waals surface area contributed by atoms with Crippen LogP contribution in [0.4, 0.5) is 0 Å². The molecule has 1 spiro atoms. The van der Waals surface area contributed by atoms with Crippen molar-refractivity contribution in [2.45, 2.75) is 68.0 Å². The van der Waals surface area contributed by atoms with E-state index in [1.165, 1.54) is 18.4 Å². The van der Waals surface area contributed by atoms with Gasteiger partial charge in [0, 0.05) is 24.6 Å². The normalized spacial score (nSPS) is 38.9. The summed E-state index contributed by atoms with van der Waals surface area (Å²) in [5.41, 5.74) is 0.818. The van der Waals surface area contributed by atoms with Crippen LogP contribution in [0.5, 0.6) is 11.5 Å². The maximum Gasteiger partial charge on any atom is 0.207 e. The van der Waals surface area contributed by atoms with Gasteiger partial charge in [0.15, 0.2) is 17.6 Å². The Balaban J connectivity index is 1.53. The fourth-order valence-corrected chi connectivity index (χ4v) is 6.73. The molecular formula is C23H31NO5. The molecule has 0 radical (unpaired) electrons. The van der Waals surface area contributed by atoms with Crippen LogP contribution in [-0.2, 0) is 21.3 Å². The molecule has 5 aliphatic rings. The molecular weight excluding hydrogens is 370 g/mol. The molecule has 1 saturated heterocycles. The molecule has 0 amide bonds. The number of methoxy groups -OCH3 is 1. The average molecular weight is 402 g/mol. The molecule has 1 aromatic rings. The molecule has 6 heteroatoms. The summed E-state index contributed by atoms with van der Waals surface area (Å²) in [6.07, 6.45) is 4.33. The molecule has 1 N–H and O–H groups in total. The van der Waals surface area contributed by atoms with E-state index in [9.17, 15) is 5.11 Å². The topological polar surface area (TPSA) is 60.4 Å². The van der Waals surface area contributed by atoms with Crippen LogP contribution in [-0.4, -0.2) is 67.5 Å². The lowest BCUT2D eigenvalue weighted by Gasteiger charge is -2.60. The van der Waals surface area contributed by atoms with Crippen molar-refractivity contribution in [3.05, 3.63) is 23.3 Å². The van der Waals surface area contributed by atoms with Crippen LogP contribution >= 0.6 is 0 Å². The average Bonchev–Trinajstić information content (AvgIpc) is 3.27. The van der Waals surface area contributed by atoms with Crippen LogP contribution in [0, 0.1) is 5.92 Å². The summed E-state index contributed by atoms with van der Waals surface area (Å²) in [5.74, 6) is 1.47. The number of fused-ring (bicyclic) bond motifs is 1. The molecule has 3 aliphatic carbocycles. The zero-order valence-corrected chi connectivity index (χ0v) is 17.6. The van der Waals surface area contributed by atoms with Gasteiger partial charge in [0.1, 0.15) is 0 Å². The van der Waals surface area contributed by atoms with E-state index in [1.54, 1.807) is 7.11 Å². The summed E-state index contributed by atoms with van der Waals surface area (Å²) >= 11 is 0. The van der Waals surface area contributed by atoms with E-state index in [-0.39, 0.29) is 6.04 Å². The lowest BCUT2D eigenvalue weighted by atomic mass is 9.51. The summed E-state index contributed by atoms with van der Waals surface area (Å²) in [5, 5.41) is 12.4. The van der Waals surface area contributed by atoms with Gasteiger partial charge < -0.3 is 24.1 Å².